The summed E-state index contributed by atoms with van der Waals surface area (Å²) in [6, 6.07) is 0.418. The molecule has 3 aliphatic carbocycles. The molecule has 0 amide bonds. The van der Waals surface area contributed by atoms with Gasteiger partial charge in [-0.15, -0.1) is 0 Å². The summed E-state index contributed by atoms with van der Waals surface area (Å²) in [5.74, 6) is 0. The molecule has 80 valence electrons. The summed E-state index contributed by atoms with van der Waals surface area (Å²) >= 11 is 0. The van der Waals surface area contributed by atoms with Crippen LogP contribution in [0.15, 0.2) is 0 Å². The van der Waals surface area contributed by atoms with Crippen LogP contribution in [0.1, 0.15) is 39.5 Å². The van der Waals surface area contributed by atoms with E-state index in [4.69, 9.17) is 10.5 Å². The average molecular weight is 195 g/mol. The van der Waals surface area contributed by atoms with Crippen molar-refractivity contribution >= 4 is 0 Å². The molecule has 3 rings (SSSR count). The highest BCUT2D eigenvalue weighted by molar-refractivity contribution is 5.36. The molecule has 2 nitrogen and oxygen atoms in total. The number of rotatable bonds is 1. The smallest absolute Gasteiger partial charge is 0.0640 e. The molecular formula is C12H21NO. The molecular weight excluding hydrogens is 174 g/mol. The third-order valence-electron chi connectivity index (χ3n) is 5.92. The predicted molar refractivity (Wildman–Crippen MR) is 55.9 cm³/mol. The molecule has 0 saturated heterocycles. The molecule has 2 heteroatoms. The molecule has 0 bridgehead atoms. The van der Waals surface area contributed by atoms with Gasteiger partial charge in [-0.3, -0.25) is 0 Å². The van der Waals surface area contributed by atoms with Crippen molar-refractivity contribution in [1.29, 1.82) is 0 Å². The van der Waals surface area contributed by atoms with Crippen molar-refractivity contribution in [3.05, 3.63) is 0 Å². The molecule has 3 aliphatic rings. The number of fused-ring (bicyclic) bond motifs is 1. The lowest BCUT2D eigenvalue weighted by Gasteiger charge is -2.63. The molecule has 0 heterocycles. The van der Waals surface area contributed by atoms with E-state index in [0.29, 0.717) is 28.4 Å². The molecule has 2 spiro atoms. The first-order valence-electron chi connectivity index (χ1n) is 5.81. The molecule has 0 radical (unpaired) electrons. The quantitative estimate of drug-likeness (QED) is 0.694. The molecule has 0 aromatic carbocycles. The Morgan fingerprint density at radius 3 is 2.14 bits per heavy atom. The topological polar surface area (TPSA) is 35.2 Å². The van der Waals surface area contributed by atoms with Crippen LogP contribution in [0.25, 0.3) is 0 Å². The Labute approximate surface area is 86.2 Å². The predicted octanol–water partition coefficient (Wildman–Crippen LogP) is 1.93. The van der Waals surface area contributed by atoms with Crippen LogP contribution in [0.5, 0.6) is 0 Å². The molecule has 0 aromatic heterocycles. The second-order valence-electron chi connectivity index (χ2n) is 6.11. The van der Waals surface area contributed by atoms with Crippen molar-refractivity contribution in [3.8, 4) is 0 Å². The van der Waals surface area contributed by atoms with Gasteiger partial charge in [0.2, 0.25) is 0 Å². The van der Waals surface area contributed by atoms with Crippen molar-refractivity contribution in [2.45, 2.75) is 51.7 Å². The van der Waals surface area contributed by atoms with Crippen molar-refractivity contribution in [2.75, 3.05) is 7.11 Å². The van der Waals surface area contributed by atoms with E-state index in [-0.39, 0.29) is 0 Å². The molecule has 3 fully saturated rings. The van der Waals surface area contributed by atoms with Crippen LogP contribution in [-0.2, 0) is 4.74 Å². The van der Waals surface area contributed by atoms with E-state index in [2.05, 4.69) is 13.8 Å². The number of nitrogens with two attached hydrogens (primary N) is 1. The zero-order valence-corrected chi connectivity index (χ0v) is 9.47. The molecule has 3 saturated carbocycles. The third-order valence-corrected chi connectivity index (χ3v) is 5.92. The molecule has 0 aromatic rings. The minimum absolute atomic E-state index is 0.364. The summed E-state index contributed by atoms with van der Waals surface area (Å²) in [6.45, 7) is 4.67. The van der Waals surface area contributed by atoms with Gasteiger partial charge in [-0.25, -0.2) is 0 Å². The largest absolute Gasteiger partial charge is 0.381 e. The summed E-state index contributed by atoms with van der Waals surface area (Å²) in [7, 11) is 1.86. The number of hydrogen-bond donors (Lipinski definition) is 1. The monoisotopic (exact) mass is 195 g/mol. The normalized spacial score (nSPS) is 51.4. The summed E-state index contributed by atoms with van der Waals surface area (Å²) < 4.78 is 5.61. The lowest BCUT2D eigenvalue weighted by molar-refractivity contribution is -0.213. The SMILES string of the molecule is COC1CC2(C(N)C2(C)C)C12CCC2. The lowest BCUT2D eigenvalue weighted by atomic mass is 9.43. The van der Waals surface area contributed by atoms with Crippen LogP contribution >= 0.6 is 0 Å². The van der Waals surface area contributed by atoms with Crippen LogP contribution in [-0.4, -0.2) is 19.3 Å². The number of hydrogen-bond acceptors (Lipinski definition) is 2. The van der Waals surface area contributed by atoms with Crippen LogP contribution in [0.4, 0.5) is 0 Å². The van der Waals surface area contributed by atoms with E-state index >= 15 is 0 Å². The highest BCUT2D eigenvalue weighted by atomic mass is 16.5. The Morgan fingerprint density at radius 2 is 1.86 bits per heavy atom. The van der Waals surface area contributed by atoms with Gasteiger partial charge in [0.25, 0.3) is 0 Å². The standard InChI is InChI=1S/C12H21NO/c1-10(2)9(13)12(10)7-8(14-3)11(12)5-4-6-11/h8-9H,4-7,13H2,1-3H3. The van der Waals surface area contributed by atoms with Crippen molar-refractivity contribution < 1.29 is 4.74 Å². The fraction of sp³-hybridized carbons (Fsp3) is 1.00. The van der Waals surface area contributed by atoms with E-state index in [1.54, 1.807) is 0 Å². The van der Waals surface area contributed by atoms with Crippen LogP contribution in [0, 0.1) is 16.2 Å². The van der Waals surface area contributed by atoms with E-state index in [9.17, 15) is 0 Å². The highest BCUT2D eigenvalue weighted by Crippen LogP contribution is 2.84. The first-order chi connectivity index (χ1) is 6.53. The Hall–Kier alpha value is -0.0800. The van der Waals surface area contributed by atoms with Gasteiger partial charge in [0.05, 0.1) is 6.10 Å². The first kappa shape index (κ1) is 9.17. The average Bonchev–Trinajstić information content (AvgIpc) is 2.42. The maximum absolute atomic E-state index is 6.29. The Balaban J connectivity index is 1.92. The molecule has 3 atom stereocenters. The van der Waals surface area contributed by atoms with Crippen LogP contribution < -0.4 is 5.73 Å². The van der Waals surface area contributed by atoms with E-state index < -0.39 is 0 Å². The Kier molecular flexibility index (Phi) is 1.44. The summed E-state index contributed by atoms with van der Waals surface area (Å²) in [6.07, 6.45) is 5.79. The van der Waals surface area contributed by atoms with E-state index in [1.165, 1.54) is 25.7 Å². The zero-order chi connectivity index (χ0) is 10.2. The first-order valence-corrected chi connectivity index (χ1v) is 5.81. The van der Waals surface area contributed by atoms with Gasteiger partial charge < -0.3 is 10.5 Å². The van der Waals surface area contributed by atoms with Crippen LogP contribution in [0.2, 0.25) is 0 Å². The third kappa shape index (κ3) is 0.594. The van der Waals surface area contributed by atoms with Gasteiger partial charge in [-0.2, -0.15) is 0 Å². The van der Waals surface area contributed by atoms with E-state index in [0.717, 1.165) is 0 Å². The summed E-state index contributed by atoms with van der Waals surface area (Å²) in [5.41, 5.74) is 7.57. The van der Waals surface area contributed by atoms with Gasteiger partial charge in [-0.1, -0.05) is 20.3 Å². The fourth-order valence-electron chi connectivity index (χ4n) is 4.72. The second kappa shape index (κ2) is 2.19. The van der Waals surface area contributed by atoms with Gasteiger partial charge >= 0.3 is 0 Å². The van der Waals surface area contributed by atoms with Gasteiger partial charge in [-0.05, 0) is 24.7 Å². The maximum Gasteiger partial charge on any atom is 0.0640 e. The van der Waals surface area contributed by atoms with Gasteiger partial charge in [0.1, 0.15) is 0 Å². The number of ether oxygens (including phenoxy) is 1. The van der Waals surface area contributed by atoms with Crippen molar-refractivity contribution in [3.63, 3.8) is 0 Å². The lowest BCUT2D eigenvalue weighted by Crippen LogP contribution is -2.62. The maximum atomic E-state index is 6.29. The summed E-state index contributed by atoms with van der Waals surface area (Å²) in [5, 5.41) is 0. The van der Waals surface area contributed by atoms with Gasteiger partial charge in [0, 0.05) is 24.0 Å². The molecule has 14 heavy (non-hydrogen) atoms. The van der Waals surface area contributed by atoms with Crippen molar-refractivity contribution in [2.24, 2.45) is 22.0 Å². The summed E-state index contributed by atoms with van der Waals surface area (Å²) in [4.78, 5) is 0. The van der Waals surface area contributed by atoms with Crippen LogP contribution in [0.3, 0.4) is 0 Å². The van der Waals surface area contributed by atoms with Gasteiger partial charge in [0.15, 0.2) is 0 Å². The zero-order valence-electron chi connectivity index (χ0n) is 9.47. The fourth-order valence-corrected chi connectivity index (χ4v) is 4.72. The highest BCUT2D eigenvalue weighted by Gasteiger charge is 2.85. The molecule has 0 aliphatic heterocycles. The molecule has 2 N–H and O–H groups in total. The minimum atomic E-state index is 0.364. The Morgan fingerprint density at radius 1 is 1.29 bits per heavy atom. The van der Waals surface area contributed by atoms with E-state index in [1.807, 2.05) is 7.11 Å². The minimum Gasteiger partial charge on any atom is -0.381 e. The van der Waals surface area contributed by atoms with Crippen molar-refractivity contribution in [1.82, 2.24) is 0 Å². The second-order valence-corrected chi connectivity index (χ2v) is 6.11. The number of methoxy groups -OCH3 is 1. The Bertz CT molecular complexity index is 282. The molecule has 3 unspecified atom stereocenters.